The summed E-state index contributed by atoms with van der Waals surface area (Å²) >= 11 is 0. The lowest BCUT2D eigenvalue weighted by Crippen LogP contribution is -2.02. The highest BCUT2D eigenvalue weighted by atomic mass is 16.5. The number of ether oxygens (including phenoxy) is 2. The summed E-state index contributed by atoms with van der Waals surface area (Å²) in [7, 11) is 0. The van der Waals surface area contributed by atoms with E-state index in [-0.39, 0.29) is 35.4 Å². The highest BCUT2D eigenvalue weighted by molar-refractivity contribution is 6.09. The van der Waals surface area contributed by atoms with E-state index in [1.54, 1.807) is 13.0 Å². The van der Waals surface area contributed by atoms with E-state index in [1.165, 1.54) is 18.2 Å². The summed E-state index contributed by atoms with van der Waals surface area (Å²) in [6.45, 7) is 2.20. The number of carbonyl (C=O) groups is 3. The molecule has 0 fully saturated rings. The SMILES string of the molecule is Cc1ccc(C(=O)O)c2c(OC=O)ccc(OC=O)c12. The lowest BCUT2D eigenvalue weighted by Gasteiger charge is -2.12. The molecule has 0 aliphatic heterocycles. The Kier molecular flexibility index (Phi) is 3.65. The average molecular weight is 274 g/mol. The monoisotopic (exact) mass is 274 g/mol. The zero-order valence-corrected chi connectivity index (χ0v) is 10.5. The summed E-state index contributed by atoms with van der Waals surface area (Å²) in [5, 5.41) is 9.86. The zero-order valence-electron chi connectivity index (χ0n) is 10.5. The summed E-state index contributed by atoms with van der Waals surface area (Å²) in [6, 6.07) is 5.81. The van der Waals surface area contributed by atoms with Crippen molar-refractivity contribution in [1.29, 1.82) is 0 Å². The molecule has 0 heterocycles. The minimum Gasteiger partial charge on any atom is -0.478 e. The zero-order chi connectivity index (χ0) is 14.7. The Morgan fingerprint density at radius 2 is 1.55 bits per heavy atom. The number of hydrogen-bond donors (Lipinski definition) is 1. The molecule has 6 nitrogen and oxygen atoms in total. The van der Waals surface area contributed by atoms with E-state index in [1.807, 2.05) is 0 Å². The van der Waals surface area contributed by atoms with Crippen LogP contribution >= 0.6 is 0 Å². The van der Waals surface area contributed by atoms with Crippen molar-refractivity contribution in [3.8, 4) is 11.5 Å². The number of benzene rings is 2. The second-order valence-corrected chi connectivity index (χ2v) is 3.98. The van der Waals surface area contributed by atoms with Gasteiger partial charge in [0, 0.05) is 10.8 Å². The van der Waals surface area contributed by atoms with E-state index < -0.39 is 5.97 Å². The first kappa shape index (κ1) is 13.5. The topological polar surface area (TPSA) is 89.9 Å². The van der Waals surface area contributed by atoms with Gasteiger partial charge >= 0.3 is 5.97 Å². The van der Waals surface area contributed by atoms with Crippen LogP contribution in [0.4, 0.5) is 0 Å². The van der Waals surface area contributed by atoms with Gasteiger partial charge in [-0.15, -0.1) is 0 Å². The molecule has 0 spiro atoms. The molecule has 2 aromatic carbocycles. The number of carbonyl (C=O) groups excluding carboxylic acids is 2. The number of carboxylic acid groups (broad SMARTS) is 1. The molecule has 0 saturated heterocycles. The van der Waals surface area contributed by atoms with Gasteiger partial charge in [0.1, 0.15) is 11.5 Å². The molecule has 0 aliphatic rings. The Balaban J connectivity index is 2.93. The largest absolute Gasteiger partial charge is 0.478 e. The first-order valence-corrected chi connectivity index (χ1v) is 5.60. The second-order valence-electron chi connectivity index (χ2n) is 3.98. The summed E-state index contributed by atoms with van der Waals surface area (Å²) in [5.74, 6) is -0.878. The molecule has 0 atom stereocenters. The van der Waals surface area contributed by atoms with E-state index in [4.69, 9.17) is 9.47 Å². The fourth-order valence-corrected chi connectivity index (χ4v) is 2.08. The third kappa shape index (κ3) is 2.18. The molecule has 102 valence electrons. The summed E-state index contributed by atoms with van der Waals surface area (Å²) in [4.78, 5) is 32.4. The normalized spacial score (nSPS) is 10.1. The number of aryl methyl sites for hydroxylation is 1. The van der Waals surface area contributed by atoms with Crippen LogP contribution in [0.15, 0.2) is 24.3 Å². The standard InChI is InChI=1S/C14H10O6/c1-8-2-3-9(14(17)18)13-11(20-7-16)5-4-10(12(8)13)19-6-15/h2-7H,1H3,(H,17,18). The van der Waals surface area contributed by atoms with Gasteiger partial charge in [-0.1, -0.05) is 6.07 Å². The van der Waals surface area contributed by atoms with Crippen LogP contribution in [-0.2, 0) is 9.59 Å². The molecule has 20 heavy (non-hydrogen) atoms. The molecular weight excluding hydrogens is 264 g/mol. The Hall–Kier alpha value is -2.89. The summed E-state index contributed by atoms with van der Waals surface area (Å²) < 4.78 is 9.66. The third-order valence-corrected chi connectivity index (χ3v) is 2.87. The number of hydrogen-bond acceptors (Lipinski definition) is 5. The van der Waals surface area contributed by atoms with Gasteiger partial charge in [-0.25, -0.2) is 4.79 Å². The van der Waals surface area contributed by atoms with Crippen molar-refractivity contribution >= 4 is 29.7 Å². The van der Waals surface area contributed by atoms with E-state index in [2.05, 4.69) is 0 Å². The smallest absolute Gasteiger partial charge is 0.336 e. The van der Waals surface area contributed by atoms with Crippen LogP contribution in [0, 0.1) is 6.92 Å². The van der Waals surface area contributed by atoms with Gasteiger partial charge in [0.2, 0.25) is 0 Å². The van der Waals surface area contributed by atoms with Crippen molar-refractivity contribution in [3.05, 3.63) is 35.4 Å². The van der Waals surface area contributed by atoms with Crippen molar-refractivity contribution in [2.24, 2.45) is 0 Å². The fraction of sp³-hybridized carbons (Fsp3) is 0.0714. The lowest BCUT2D eigenvalue weighted by molar-refractivity contribution is -0.121. The predicted molar refractivity (Wildman–Crippen MR) is 69.0 cm³/mol. The van der Waals surface area contributed by atoms with Crippen molar-refractivity contribution < 1.29 is 29.0 Å². The van der Waals surface area contributed by atoms with Crippen LogP contribution in [0.3, 0.4) is 0 Å². The molecule has 6 heteroatoms. The maximum Gasteiger partial charge on any atom is 0.336 e. The molecule has 1 N–H and O–H groups in total. The highest BCUT2D eigenvalue weighted by Crippen LogP contribution is 2.37. The molecule has 2 rings (SSSR count). The first-order chi connectivity index (χ1) is 9.60. The minimum atomic E-state index is -1.17. The quantitative estimate of drug-likeness (QED) is 0.838. The van der Waals surface area contributed by atoms with E-state index in [9.17, 15) is 19.5 Å². The van der Waals surface area contributed by atoms with Crippen molar-refractivity contribution in [2.45, 2.75) is 6.92 Å². The number of fused-ring (bicyclic) bond motifs is 1. The van der Waals surface area contributed by atoms with Gasteiger partial charge in [0.05, 0.1) is 5.56 Å². The van der Waals surface area contributed by atoms with Crippen LogP contribution in [-0.4, -0.2) is 24.0 Å². The van der Waals surface area contributed by atoms with Gasteiger partial charge in [-0.2, -0.15) is 0 Å². The number of aromatic carboxylic acids is 1. The van der Waals surface area contributed by atoms with Gasteiger partial charge in [-0.3, -0.25) is 9.59 Å². The van der Waals surface area contributed by atoms with Crippen LogP contribution in [0.1, 0.15) is 15.9 Å². The van der Waals surface area contributed by atoms with E-state index in [0.717, 1.165) is 0 Å². The van der Waals surface area contributed by atoms with Gasteiger partial charge in [0.15, 0.2) is 0 Å². The van der Waals surface area contributed by atoms with E-state index >= 15 is 0 Å². The Bertz CT molecular complexity index is 704. The average Bonchev–Trinajstić information content (AvgIpc) is 2.41. The lowest BCUT2D eigenvalue weighted by atomic mass is 9.98. The molecule has 0 aliphatic carbocycles. The van der Waals surface area contributed by atoms with E-state index in [0.29, 0.717) is 10.9 Å². The number of rotatable bonds is 5. The maximum absolute atomic E-state index is 11.3. The van der Waals surface area contributed by atoms with Gasteiger partial charge < -0.3 is 14.6 Å². The molecular formula is C14H10O6. The Morgan fingerprint density at radius 3 is 2.05 bits per heavy atom. The summed E-state index contributed by atoms with van der Waals surface area (Å²) in [6.07, 6.45) is 0. The predicted octanol–water partition coefficient (Wildman–Crippen LogP) is 1.92. The molecule has 0 radical (unpaired) electrons. The van der Waals surface area contributed by atoms with Crippen LogP contribution in [0.5, 0.6) is 11.5 Å². The van der Waals surface area contributed by atoms with Gasteiger partial charge in [-0.05, 0) is 30.7 Å². The molecule has 2 aromatic rings. The molecule has 0 amide bonds. The summed E-state index contributed by atoms with van der Waals surface area (Å²) in [5.41, 5.74) is 0.650. The van der Waals surface area contributed by atoms with Crippen LogP contribution in [0.2, 0.25) is 0 Å². The highest BCUT2D eigenvalue weighted by Gasteiger charge is 2.18. The van der Waals surface area contributed by atoms with Crippen LogP contribution in [0.25, 0.3) is 10.8 Å². The third-order valence-electron chi connectivity index (χ3n) is 2.87. The maximum atomic E-state index is 11.3. The Morgan fingerprint density at radius 1 is 1.00 bits per heavy atom. The van der Waals surface area contributed by atoms with Crippen molar-refractivity contribution in [2.75, 3.05) is 0 Å². The molecule has 0 aromatic heterocycles. The van der Waals surface area contributed by atoms with Crippen molar-refractivity contribution in [3.63, 3.8) is 0 Å². The Labute approximate surface area is 113 Å². The molecule has 0 bridgehead atoms. The minimum absolute atomic E-state index is 0.0428. The van der Waals surface area contributed by atoms with Gasteiger partial charge in [0.25, 0.3) is 12.9 Å². The number of carboxylic acids is 1. The first-order valence-electron chi connectivity index (χ1n) is 5.60. The molecule has 0 saturated carbocycles. The second kappa shape index (κ2) is 5.40. The van der Waals surface area contributed by atoms with Crippen LogP contribution < -0.4 is 9.47 Å². The fourth-order valence-electron chi connectivity index (χ4n) is 2.08. The molecule has 0 unspecified atom stereocenters. The van der Waals surface area contributed by atoms with Crippen molar-refractivity contribution in [1.82, 2.24) is 0 Å².